The zero-order valence-electron chi connectivity index (χ0n) is 7.21. The second-order valence-electron chi connectivity index (χ2n) is 2.52. The van der Waals surface area contributed by atoms with Gasteiger partial charge >= 0.3 is 6.09 Å². The number of carbonyl (C=O) groups is 1. The molecular formula is C8H8N4O2. The van der Waals surface area contributed by atoms with E-state index in [-0.39, 0.29) is 6.54 Å². The molecule has 0 spiro atoms. The molecule has 0 fully saturated rings. The largest absolute Gasteiger partial charge is 0.465 e. The highest BCUT2D eigenvalue weighted by Crippen LogP contribution is 2.10. The minimum absolute atomic E-state index is 0.268. The number of hydrogen-bond donors (Lipinski definition) is 2. The Morgan fingerprint density at radius 3 is 2.64 bits per heavy atom. The van der Waals surface area contributed by atoms with Crippen LogP contribution < -0.4 is 5.32 Å². The molecule has 0 heterocycles. The SMILES string of the molecule is [N-]=[N+]=NCc1ccc(NC(=O)O)cc1. The van der Waals surface area contributed by atoms with Gasteiger partial charge in [-0.1, -0.05) is 17.2 Å². The number of hydrogen-bond acceptors (Lipinski definition) is 2. The quantitative estimate of drug-likeness (QED) is 0.437. The van der Waals surface area contributed by atoms with Gasteiger partial charge in [-0.25, -0.2) is 4.79 Å². The molecule has 0 aliphatic rings. The van der Waals surface area contributed by atoms with Crippen molar-refractivity contribution in [3.8, 4) is 0 Å². The first-order valence-corrected chi connectivity index (χ1v) is 3.82. The van der Waals surface area contributed by atoms with Crippen LogP contribution in [0.15, 0.2) is 29.4 Å². The van der Waals surface area contributed by atoms with Gasteiger partial charge in [-0.05, 0) is 23.2 Å². The average Bonchev–Trinajstić information content (AvgIpc) is 2.16. The fourth-order valence-electron chi connectivity index (χ4n) is 0.930. The summed E-state index contributed by atoms with van der Waals surface area (Å²) in [5, 5.41) is 14.0. The number of carboxylic acid groups (broad SMARTS) is 1. The lowest BCUT2D eigenvalue weighted by atomic mass is 10.2. The van der Waals surface area contributed by atoms with Gasteiger partial charge in [-0.15, -0.1) is 0 Å². The number of rotatable bonds is 3. The summed E-state index contributed by atoms with van der Waals surface area (Å²) in [6.07, 6.45) is -1.10. The van der Waals surface area contributed by atoms with Crippen molar-refractivity contribution >= 4 is 11.8 Å². The van der Waals surface area contributed by atoms with E-state index in [4.69, 9.17) is 10.6 Å². The molecule has 1 aromatic rings. The molecule has 0 atom stereocenters. The summed E-state index contributed by atoms with van der Waals surface area (Å²) in [4.78, 5) is 12.9. The van der Waals surface area contributed by atoms with Crippen LogP contribution in [0.5, 0.6) is 0 Å². The van der Waals surface area contributed by atoms with E-state index in [9.17, 15) is 4.79 Å². The number of nitrogens with zero attached hydrogens (tertiary/aromatic N) is 3. The first-order chi connectivity index (χ1) is 6.72. The molecule has 1 aromatic carbocycles. The third-order valence-electron chi connectivity index (χ3n) is 1.52. The van der Waals surface area contributed by atoms with Crippen molar-refractivity contribution in [2.24, 2.45) is 5.11 Å². The van der Waals surface area contributed by atoms with Crippen LogP contribution in [0.2, 0.25) is 0 Å². The predicted octanol–water partition coefficient (Wildman–Crippen LogP) is 2.59. The van der Waals surface area contributed by atoms with Crippen LogP contribution in [-0.4, -0.2) is 11.2 Å². The van der Waals surface area contributed by atoms with Gasteiger partial charge in [0.25, 0.3) is 0 Å². The fourth-order valence-corrected chi connectivity index (χ4v) is 0.930. The van der Waals surface area contributed by atoms with Crippen molar-refractivity contribution in [1.29, 1.82) is 0 Å². The monoisotopic (exact) mass is 192 g/mol. The Labute approximate surface area is 79.8 Å². The van der Waals surface area contributed by atoms with Crippen LogP contribution in [0.1, 0.15) is 5.56 Å². The average molecular weight is 192 g/mol. The zero-order valence-corrected chi connectivity index (χ0v) is 7.21. The predicted molar refractivity (Wildman–Crippen MR) is 50.9 cm³/mol. The highest BCUT2D eigenvalue weighted by atomic mass is 16.4. The van der Waals surface area contributed by atoms with Crippen LogP contribution in [0.3, 0.4) is 0 Å². The number of nitrogens with one attached hydrogen (secondary N) is 1. The molecule has 0 unspecified atom stereocenters. The van der Waals surface area contributed by atoms with Crippen LogP contribution in [0, 0.1) is 0 Å². The smallest absolute Gasteiger partial charge is 0.409 e. The van der Waals surface area contributed by atoms with E-state index in [1.54, 1.807) is 24.3 Å². The summed E-state index contributed by atoms with van der Waals surface area (Å²) < 4.78 is 0. The highest BCUT2D eigenvalue weighted by molar-refractivity contribution is 5.82. The van der Waals surface area contributed by atoms with Crippen molar-refractivity contribution in [2.75, 3.05) is 5.32 Å². The lowest BCUT2D eigenvalue weighted by Gasteiger charge is -2.00. The fraction of sp³-hybridized carbons (Fsp3) is 0.125. The molecule has 0 aliphatic carbocycles. The number of anilines is 1. The van der Waals surface area contributed by atoms with Crippen molar-refractivity contribution in [1.82, 2.24) is 0 Å². The van der Waals surface area contributed by atoms with Gasteiger partial charge in [0, 0.05) is 10.6 Å². The zero-order chi connectivity index (χ0) is 10.4. The number of benzene rings is 1. The lowest BCUT2D eigenvalue weighted by molar-refractivity contribution is 0.210. The van der Waals surface area contributed by atoms with Crippen LogP contribution in [0.4, 0.5) is 10.5 Å². The molecule has 14 heavy (non-hydrogen) atoms. The minimum Gasteiger partial charge on any atom is -0.465 e. The van der Waals surface area contributed by atoms with E-state index in [1.165, 1.54) is 0 Å². The first kappa shape index (κ1) is 9.88. The molecular weight excluding hydrogens is 184 g/mol. The van der Waals surface area contributed by atoms with Crippen LogP contribution >= 0.6 is 0 Å². The third kappa shape index (κ3) is 3.04. The Morgan fingerprint density at radius 2 is 2.14 bits per heavy atom. The first-order valence-electron chi connectivity index (χ1n) is 3.82. The summed E-state index contributed by atoms with van der Waals surface area (Å²) in [6, 6.07) is 6.60. The second kappa shape index (κ2) is 4.74. The Balaban J connectivity index is 2.68. The maximum Gasteiger partial charge on any atom is 0.409 e. The van der Waals surface area contributed by atoms with E-state index in [0.29, 0.717) is 5.69 Å². The standard InChI is InChI=1S/C8H8N4O2/c9-12-10-5-6-1-3-7(4-2-6)11-8(13)14/h1-4,11H,5H2,(H,13,14). The number of azide groups is 1. The summed E-state index contributed by atoms with van der Waals surface area (Å²) in [7, 11) is 0. The summed E-state index contributed by atoms with van der Waals surface area (Å²) >= 11 is 0. The topological polar surface area (TPSA) is 98.1 Å². The maximum atomic E-state index is 10.2. The molecule has 6 nitrogen and oxygen atoms in total. The maximum absolute atomic E-state index is 10.2. The molecule has 0 saturated heterocycles. The van der Waals surface area contributed by atoms with Gasteiger partial charge < -0.3 is 5.11 Å². The van der Waals surface area contributed by atoms with Gasteiger partial charge in [-0.2, -0.15) is 0 Å². The van der Waals surface area contributed by atoms with Gasteiger partial charge in [0.2, 0.25) is 0 Å². The molecule has 72 valence electrons. The van der Waals surface area contributed by atoms with Crippen molar-refractivity contribution < 1.29 is 9.90 Å². The van der Waals surface area contributed by atoms with E-state index < -0.39 is 6.09 Å². The molecule has 0 aromatic heterocycles. The highest BCUT2D eigenvalue weighted by Gasteiger charge is 1.96. The molecule has 0 bridgehead atoms. The molecule has 0 aliphatic heterocycles. The Hall–Kier alpha value is -2.20. The normalized spacial score (nSPS) is 8.86. The van der Waals surface area contributed by atoms with Crippen LogP contribution in [-0.2, 0) is 6.54 Å². The Bertz CT molecular complexity index is 344. The molecule has 1 amide bonds. The third-order valence-corrected chi connectivity index (χ3v) is 1.52. The molecule has 6 heteroatoms. The lowest BCUT2D eigenvalue weighted by Crippen LogP contribution is -2.06. The van der Waals surface area contributed by atoms with E-state index in [2.05, 4.69) is 15.3 Å². The summed E-state index contributed by atoms with van der Waals surface area (Å²) in [6.45, 7) is 0.268. The summed E-state index contributed by atoms with van der Waals surface area (Å²) in [5.74, 6) is 0. The van der Waals surface area contributed by atoms with Crippen molar-refractivity contribution in [2.45, 2.75) is 6.54 Å². The van der Waals surface area contributed by atoms with Gasteiger partial charge in [0.15, 0.2) is 0 Å². The molecule has 0 saturated carbocycles. The van der Waals surface area contributed by atoms with Gasteiger partial charge in [-0.3, -0.25) is 5.32 Å². The summed E-state index contributed by atoms with van der Waals surface area (Å²) in [5.41, 5.74) is 9.39. The molecule has 1 rings (SSSR count). The van der Waals surface area contributed by atoms with Gasteiger partial charge in [0.1, 0.15) is 0 Å². The Morgan fingerprint density at radius 1 is 1.50 bits per heavy atom. The number of amides is 1. The minimum atomic E-state index is -1.10. The molecule has 0 radical (unpaired) electrons. The Kier molecular flexibility index (Phi) is 3.34. The van der Waals surface area contributed by atoms with E-state index in [1.807, 2.05) is 0 Å². The van der Waals surface area contributed by atoms with Crippen molar-refractivity contribution in [3.63, 3.8) is 0 Å². The van der Waals surface area contributed by atoms with Crippen molar-refractivity contribution in [3.05, 3.63) is 40.3 Å². The molecule has 2 N–H and O–H groups in total. The second-order valence-corrected chi connectivity index (χ2v) is 2.52. The van der Waals surface area contributed by atoms with Crippen LogP contribution in [0.25, 0.3) is 10.4 Å². The van der Waals surface area contributed by atoms with E-state index >= 15 is 0 Å². The van der Waals surface area contributed by atoms with E-state index in [0.717, 1.165) is 5.56 Å². The van der Waals surface area contributed by atoms with Gasteiger partial charge in [0.05, 0.1) is 6.54 Å².